The van der Waals surface area contributed by atoms with E-state index in [9.17, 15) is 39.9 Å². The van der Waals surface area contributed by atoms with E-state index in [1.54, 1.807) is 0 Å². The van der Waals surface area contributed by atoms with Gasteiger partial charge in [0.25, 0.3) is 0 Å². The molecule has 19 heavy (non-hydrogen) atoms. The first-order chi connectivity index (χ1) is 8.27. The Bertz CT molecular complexity index is 328. The minimum Gasteiger partial charge on any atom is -0.457 e. The number of esters is 1. The molecule has 0 amide bonds. The summed E-state index contributed by atoms with van der Waals surface area (Å²) < 4.78 is 102. The van der Waals surface area contributed by atoms with Crippen LogP contribution in [0.5, 0.6) is 0 Å². The van der Waals surface area contributed by atoms with Gasteiger partial charge in [-0.25, -0.2) is 13.6 Å². The number of carbonyl (C=O) groups is 1. The topological polar surface area (TPSA) is 46.5 Å². The standard InChI is InChI=1S/C8H8F8O3/c1-3(17)4(18)19-2-6(11,12)8(15,16)7(13,14)5(9)10/h3,5,17H,2H2,1H3. The molecule has 0 bridgehead atoms. The highest BCUT2D eigenvalue weighted by atomic mass is 19.4. The Kier molecular flexibility index (Phi) is 5.14. The summed E-state index contributed by atoms with van der Waals surface area (Å²) in [6, 6.07) is 0. The lowest BCUT2D eigenvalue weighted by Crippen LogP contribution is -2.59. The molecule has 0 aromatic heterocycles. The summed E-state index contributed by atoms with van der Waals surface area (Å²) in [7, 11) is 0. The first-order valence-electron chi connectivity index (χ1n) is 4.53. The van der Waals surface area contributed by atoms with Crippen LogP contribution in [0.15, 0.2) is 0 Å². The molecule has 1 unspecified atom stereocenters. The van der Waals surface area contributed by atoms with E-state index >= 15 is 0 Å². The molecular weight excluding hydrogens is 296 g/mol. The molecule has 0 rings (SSSR count). The molecule has 3 nitrogen and oxygen atoms in total. The van der Waals surface area contributed by atoms with E-state index in [0.717, 1.165) is 6.92 Å². The van der Waals surface area contributed by atoms with E-state index in [-0.39, 0.29) is 0 Å². The minimum atomic E-state index is -6.44. The van der Waals surface area contributed by atoms with Crippen molar-refractivity contribution in [1.29, 1.82) is 0 Å². The molecule has 0 aliphatic carbocycles. The van der Waals surface area contributed by atoms with Gasteiger partial charge in [0, 0.05) is 0 Å². The maximum atomic E-state index is 12.8. The maximum absolute atomic E-state index is 12.8. The highest BCUT2D eigenvalue weighted by molar-refractivity contribution is 5.73. The number of hydrogen-bond acceptors (Lipinski definition) is 3. The van der Waals surface area contributed by atoms with Gasteiger partial charge in [-0.2, -0.15) is 26.3 Å². The highest BCUT2D eigenvalue weighted by Gasteiger charge is 2.75. The van der Waals surface area contributed by atoms with Crippen molar-refractivity contribution >= 4 is 5.97 Å². The Balaban J connectivity index is 5.03. The van der Waals surface area contributed by atoms with E-state index in [4.69, 9.17) is 5.11 Å². The number of halogens is 8. The lowest BCUT2D eigenvalue weighted by Gasteiger charge is -2.31. The maximum Gasteiger partial charge on any atom is 0.381 e. The number of aliphatic hydroxyl groups is 1. The molecule has 0 aromatic rings. The van der Waals surface area contributed by atoms with E-state index in [1.165, 1.54) is 0 Å². The van der Waals surface area contributed by atoms with Crippen LogP contribution < -0.4 is 0 Å². The average molecular weight is 304 g/mol. The van der Waals surface area contributed by atoms with Crippen molar-refractivity contribution in [2.45, 2.75) is 37.2 Å². The van der Waals surface area contributed by atoms with Crippen LogP contribution in [0.2, 0.25) is 0 Å². The fourth-order valence-corrected chi connectivity index (χ4v) is 0.754. The van der Waals surface area contributed by atoms with Crippen LogP contribution >= 0.6 is 0 Å². The van der Waals surface area contributed by atoms with Crippen molar-refractivity contribution in [2.75, 3.05) is 6.61 Å². The molecule has 0 aromatic carbocycles. The van der Waals surface area contributed by atoms with Gasteiger partial charge in [-0.1, -0.05) is 0 Å². The predicted molar refractivity (Wildman–Crippen MR) is 43.5 cm³/mol. The van der Waals surface area contributed by atoms with Gasteiger partial charge in [-0.3, -0.25) is 0 Å². The number of aliphatic hydroxyl groups excluding tert-OH is 1. The molecule has 1 N–H and O–H groups in total. The smallest absolute Gasteiger partial charge is 0.381 e. The first-order valence-corrected chi connectivity index (χ1v) is 4.53. The molecule has 0 saturated carbocycles. The summed E-state index contributed by atoms with van der Waals surface area (Å²) in [5, 5.41) is 8.49. The SMILES string of the molecule is CC(O)C(=O)OCC(F)(F)C(F)(F)C(F)(F)C(F)F. The number of rotatable bonds is 6. The molecule has 0 heterocycles. The van der Waals surface area contributed by atoms with Gasteiger partial charge in [-0.05, 0) is 6.92 Å². The second-order valence-electron chi connectivity index (χ2n) is 3.49. The van der Waals surface area contributed by atoms with Gasteiger partial charge in [0.2, 0.25) is 0 Å². The van der Waals surface area contributed by atoms with Gasteiger partial charge in [0.1, 0.15) is 6.10 Å². The summed E-state index contributed by atoms with van der Waals surface area (Å²) in [5.74, 6) is -20.3. The summed E-state index contributed by atoms with van der Waals surface area (Å²) >= 11 is 0. The summed E-state index contributed by atoms with van der Waals surface area (Å²) in [6.45, 7) is -1.85. The van der Waals surface area contributed by atoms with Crippen LogP contribution in [-0.4, -0.2) is 48.0 Å². The van der Waals surface area contributed by atoms with Crippen LogP contribution in [0.25, 0.3) is 0 Å². The molecule has 0 aliphatic rings. The van der Waals surface area contributed by atoms with Gasteiger partial charge in [-0.15, -0.1) is 0 Å². The second-order valence-corrected chi connectivity index (χ2v) is 3.49. The Morgan fingerprint density at radius 2 is 1.58 bits per heavy atom. The third-order valence-electron chi connectivity index (χ3n) is 1.89. The van der Waals surface area contributed by atoms with E-state index in [2.05, 4.69) is 4.74 Å². The largest absolute Gasteiger partial charge is 0.457 e. The molecule has 114 valence electrons. The number of carbonyl (C=O) groups excluding carboxylic acids is 1. The van der Waals surface area contributed by atoms with Gasteiger partial charge >= 0.3 is 30.2 Å². The number of alkyl halides is 8. The highest BCUT2D eigenvalue weighted by Crippen LogP contribution is 2.48. The van der Waals surface area contributed by atoms with Crippen molar-refractivity contribution < 1.29 is 49.8 Å². The minimum absolute atomic E-state index is 0.729. The van der Waals surface area contributed by atoms with Crippen molar-refractivity contribution in [2.24, 2.45) is 0 Å². The second kappa shape index (κ2) is 5.47. The Hall–Kier alpha value is -1.13. The quantitative estimate of drug-likeness (QED) is 0.604. The average Bonchev–Trinajstić information content (AvgIpc) is 2.24. The molecule has 0 fully saturated rings. The Morgan fingerprint density at radius 1 is 1.16 bits per heavy atom. The summed E-state index contributed by atoms with van der Waals surface area (Å²) in [4.78, 5) is 10.5. The molecule has 0 saturated heterocycles. The molecular formula is C8H8F8O3. The Labute approximate surface area is 101 Å². The van der Waals surface area contributed by atoms with E-state index < -0.39 is 42.9 Å². The van der Waals surface area contributed by atoms with Crippen molar-refractivity contribution in [3.8, 4) is 0 Å². The van der Waals surface area contributed by atoms with Crippen molar-refractivity contribution in [3.05, 3.63) is 0 Å². The van der Waals surface area contributed by atoms with Crippen molar-refractivity contribution in [1.82, 2.24) is 0 Å². The number of hydrogen-bond donors (Lipinski definition) is 1. The van der Waals surface area contributed by atoms with Crippen LogP contribution in [0.4, 0.5) is 35.1 Å². The van der Waals surface area contributed by atoms with Crippen LogP contribution in [0.3, 0.4) is 0 Å². The lowest BCUT2D eigenvalue weighted by molar-refractivity contribution is -0.344. The molecule has 0 radical (unpaired) electrons. The van der Waals surface area contributed by atoms with Gasteiger partial charge in [0.05, 0.1) is 0 Å². The van der Waals surface area contributed by atoms with Crippen LogP contribution in [-0.2, 0) is 9.53 Å². The monoisotopic (exact) mass is 304 g/mol. The molecule has 0 spiro atoms. The van der Waals surface area contributed by atoms with E-state index in [1.807, 2.05) is 0 Å². The lowest BCUT2D eigenvalue weighted by atomic mass is 10.1. The predicted octanol–water partition coefficient (Wildman–Crippen LogP) is 2.08. The van der Waals surface area contributed by atoms with Gasteiger partial charge < -0.3 is 9.84 Å². The third kappa shape index (κ3) is 3.45. The number of ether oxygens (including phenoxy) is 1. The Morgan fingerprint density at radius 3 is 1.89 bits per heavy atom. The van der Waals surface area contributed by atoms with Crippen LogP contribution in [0, 0.1) is 0 Å². The van der Waals surface area contributed by atoms with Crippen LogP contribution in [0.1, 0.15) is 6.92 Å². The molecule has 1 atom stereocenters. The van der Waals surface area contributed by atoms with Crippen molar-refractivity contribution in [3.63, 3.8) is 0 Å². The fraction of sp³-hybridized carbons (Fsp3) is 0.875. The summed E-state index contributed by atoms with van der Waals surface area (Å²) in [6.07, 6.45) is -7.01. The summed E-state index contributed by atoms with van der Waals surface area (Å²) in [5.41, 5.74) is 0. The molecule has 0 aliphatic heterocycles. The zero-order valence-corrected chi connectivity index (χ0v) is 9.15. The zero-order chi connectivity index (χ0) is 15.6. The zero-order valence-electron chi connectivity index (χ0n) is 9.15. The third-order valence-corrected chi connectivity index (χ3v) is 1.89. The molecule has 11 heteroatoms. The van der Waals surface area contributed by atoms with Gasteiger partial charge in [0.15, 0.2) is 6.61 Å². The fourth-order valence-electron chi connectivity index (χ4n) is 0.754. The first kappa shape index (κ1) is 17.9. The normalized spacial score (nSPS) is 15.5. The van der Waals surface area contributed by atoms with E-state index in [0.29, 0.717) is 0 Å².